The Kier molecular flexibility index (Phi) is 4.44. The zero-order valence-electron chi connectivity index (χ0n) is 12.7. The molecule has 1 aliphatic heterocycles. The van der Waals surface area contributed by atoms with Gasteiger partial charge in [-0.25, -0.2) is 0 Å². The predicted molar refractivity (Wildman–Crippen MR) is 82.3 cm³/mol. The van der Waals surface area contributed by atoms with Crippen LogP contribution < -0.4 is 10.1 Å². The quantitative estimate of drug-likeness (QED) is 0.873. The van der Waals surface area contributed by atoms with Crippen LogP contribution in [-0.2, 0) is 4.79 Å². The van der Waals surface area contributed by atoms with Gasteiger partial charge < -0.3 is 10.1 Å². The summed E-state index contributed by atoms with van der Waals surface area (Å²) >= 11 is 0. The molecule has 21 heavy (non-hydrogen) atoms. The maximum atomic E-state index is 12.0. The van der Waals surface area contributed by atoms with Crippen molar-refractivity contribution in [2.75, 3.05) is 26.7 Å². The fourth-order valence-corrected chi connectivity index (χ4v) is 3.04. The van der Waals surface area contributed by atoms with E-state index in [9.17, 15) is 4.79 Å². The number of likely N-dealkylation sites (tertiary alicyclic amines) is 1. The number of ether oxygens (including phenoxy) is 1. The van der Waals surface area contributed by atoms with E-state index in [1.54, 1.807) is 7.11 Å². The topological polar surface area (TPSA) is 41.6 Å². The van der Waals surface area contributed by atoms with Gasteiger partial charge in [0.1, 0.15) is 5.75 Å². The molecule has 1 saturated heterocycles. The largest absolute Gasteiger partial charge is 0.497 e. The number of amides is 1. The van der Waals surface area contributed by atoms with Gasteiger partial charge in [0.2, 0.25) is 5.91 Å². The summed E-state index contributed by atoms with van der Waals surface area (Å²) in [5.74, 6) is 1.79. The molecule has 2 aliphatic rings. The van der Waals surface area contributed by atoms with Crippen LogP contribution in [0.15, 0.2) is 24.3 Å². The summed E-state index contributed by atoms with van der Waals surface area (Å²) in [6.45, 7) is 2.39. The predicted octanol–water partition coefficient (Wildman–Crippen LogP) is 2.36. The van der Waals surface area contributed by atoms with Crippen LogP contribution in [0.2, 0.25) is 0 Å². The monoisotopic (exact) mass is 288 g/mol. The highest BCUT2D eigenvalue weighted by atomic mass is 16.5. The van der Waals surface area contributed by atoms with Crippen LogP contribution in [0, 0.1) is 5.92 Å². The Morgan fingerprint density at radius 2 is 2.05 bits per heavy atom. The molecule has 0 aromatic heterocycles. The Morgan fingerprint density at radius 1 is 1.29 bits per heavy atom. The molecule has 4 nitrogen and oxygen atoms in total. The summed E-state index contributed by atoms with van der Waals surface area (Å²) in [7, 11) is 1.68. The summed E-state index contributed by atoms with van der Waals surface area (Å²) in [5.41, 5.74) is 1.28. The van der Waals surface area contributed by atoms with Gasteiger partial charge in [0.05, 0.1) is 13.7 Å². The van der Waals surface area contributed by atoms with Crippen molar-refractivity contribution in [1.82, 2.24) is 10.2 Å². The zero-order chi connectivity index (χ0) is 14.7. The molecule has 1 N–H and O–H groups in total. The van der Waals surface area contributed by atoms with Gasteiger partial charge in [0.25, 0.3) is 0 Å². The van der Waals surface area contributed by atoms with E-state index >= 15 is 0 Å². The van der Waals surface area contributed by atoms with Crippen LogP contribution in [0.3, 0.4) is 0 Å². The number of carbonyl (C=O) groups is 1. The summed E-state index contributed by atoms with van der Waals surface area (Å²) in [6, 6.07) is 8.59. The molecule has 0 bridgehead atoms. The van der Waals surface area contributed by atoms with Gasteiger partial charge in [0, 0.05) is 12.6 Å². The fourth-order valence-electron chi connectivity index (χ4n) is 3.04. The molecule has 0 spiro atoms. The van der Waals surface area contributed by atoms with Crippen LogP contribution >= 0.6 is 0 Å². The third kappa shape index (κ3) is 3.76. The third-order valence-corrected chi connectivity index (χ3v) is 4.50. The molecule has 4 heteroatoms. The maximum absolute atomic E-state index is 12.0. The number of hydrogen-bond donors (Lipinski definition) is 1. The van der Waals surface area contributed by atoms with Crippen molar-refractivity contribution in [1.29, 1.82) is 0 Å². The number of nitrogens with zero attached hydrogens (tertiary/aromatic N) is 1. The van der Waals surface area contributed by atoms with Crippen molar-refractivity contribution in [2.24, 2.45) is 5.92 Å². The molecular weight excluding hydrogens is 264 g/mol. The van der Waals surface area contributed by atoms with E-state index in [-0.39, 0.29) is 5.91 Å². The Balaban J connectivity index is 1.57. The van der Waals surface area contributed by atoms with Gasteiger partial charge in [-0.05, 0) is 55.8 Å². The standard InChI is InChI=1S/C17H24N2O2/c1-21-15-8-6-14(7-9-15)16-3-2-10-19(16)12-17(20)18-11-13-4-5-13/h6-9,13,16H,2-5,10-12H2,1H3,(H,18,20)/t16-/m1/s1. The van der Waals surface area contributed by atoms with Crippen molar-refractivity contribution >= 4 is 5.91 Å². The van der Waals surface area contributed by atoms with Crippen molar-refractivity contribution in [3.63, 3.8) is 0 Å². The molecule has 1 atom stereocenters. The molecule has 1 aliphatic carbocycles. The smallest absolute Gasteiger partial charge is 0.234 e. The number of carbonyl (C=O) groups excluding carboxylic acids is 1. The Bertz CT molecular complexity index is 482. The van der Waals surface area contributed by atoms with Gasteiger partial charge in [-0.1, -0.05) is 12.1 Å². The lowest BCUT2D eigenvalue weighted by Gasteiger charge is -2.24. The molecule has 1 amide bonds. The van der Waals surface area contributed by atoms with Crippen LogP contribution in [-0.4, -0.2) is 37.6 Å². The lowest BCUT2D eigenvalue weighted by atomic mass is 10.0. The van der Waals surface area contributed by atoms with Crippen molar-refractivity contribution in [2.45, 2.75) is 31.7 Å². The first-order valence-corrected chi connectivity index (χ1v) is 7.91. The number of rotatable bonds is 6. The first-order chi connectivity index (χ1) is 10.3. The molecule has 1 aromatic rings. The van der Waals surface area contributed by atoms with E-state index in [4.69, 9.17) is 4.74 Å². The number of nitrogens with one attached hydrogen (secondary N) is 1. The SMILES string of the molecule is COc1ccc([C@H]2CCCN2CC(=O)NCC2CC2)cc1. The average Bonchev–Trinajstić information content (AvgIpc) is 3.24. The fraction of sp³-hybridized carbons (Fsp3) is 0.588. The van der Waals surface area contributed by atoms with E-state index < -0.39 is 0 Å². The van der Waals surface area contributed by atoms with Crippen molar-refractivity contribution in [3.05, 3.63) is 29.8 Å². The molecule has 2 fully saturated rings. The van der Waals surface area contributed by atoms with Crippen LogP contribution in [0.25, 0.3) is 0 Å². The van der Waals surface area contributed by atoms with Gasteiger partial charge in [-0.3, -0.25) is 9.69 Å². The summed E-state index contributed by atoms with van der Waals surface area (Å²) in [6.07, 6.45) is 4.84. The van der Waals surface area contributed by atoms with Crippen LogP contribution in [0.4, 0.5) is 0 Å². The molecule has 0 radical (unpaired) electrons. The van der Waals surface area contributed by atoms with E-state index in [0.29, 0.717) is 12.6 Å². The number of methoxy groups -OCH3 is 1. The van der Waals surface area contributed by atoms with Crippen LogP contribution in [0.1, 0.15) is 37.3 Å². The maximum Gasteiger partial charge on any atom is 0.234 e. The summed E-state index contributed by atoms with van der Waals surface area (Å²) < 4.78 is 5.21. The van der Waals surface area contributed by atoms with Gasteiger partial charge in [-0.2, -0.15) is 0 Å². The highest BCUT2D eigenvalue weighted by Gasteiger charge is 2.28. The van der Waals surface area contributed by atoms with Gasteiger partial charge in [0.15, 0.2) is 0 Å². The Hall–Kier alpha value is -1.55. The third-order valence-electron chi connectivity index (χ3n) is 4.50. The number of benzene rings is 1. The van der Waals surface area contributed by atoms with Crippen molar-refractivity contribution in [3.8, 4) is 5.75 Å². The second-order valence-corrected chi connectivity index (χ2v) is 6.15. The lowest BCUT2D eigenvalue weighted by Crippen LogP contribution is -2.37. The van der Waals surface area contributed by atoms with Crippen molar-refractivity contribution < 1.29 is 9.53 Å². The Morgan fingerprint density at radius 3 is 2.71 bits per heavy atom. The molecule has 1 aromatic carbocycles. The number of hydrogen-bond acceptors (Lipinski definition) is 3. The minimum Gasteiger partial charge on any atom is -0.497 e. The summed E-state index contributed by atoms with van der Waals surface area (Å²) in [5, 5.41) is 3.06. The summed E-state index contributed by atoms with van der Waals surface area (Å²) in [4.78, 5) is 14.3. The van der Waals surface area contributed by atoms with Gasteiger partial charge >= 0.3 is 0 Å². The minimum atomic E-state index is 0.169. The first kappa shape index (κ1) is 14.4. The average molecular weight is 288 g/mol. The molecular formula is C17H24N2O2. The van der Waals surface area contributed by atoms with E-state index in [1.165, 1.54) is 18.4 Å². The normalized spacial score (nSPS) is 22.2. The van der Waals surface area contributed by atoms with E-state index in [1.807, 2.05) is 12.1 Å². The highest BCUT2D eigenvalue weighted by Crippen LogP contribution is 2.32. The molecule has 3 rings (SSSR count). The van der Waals surface area contributed by atoms with Gasteiger partial charge in [-0.15, -0.1) is 0 Å². The second-order valence-electron chi connectivity index (χ2n) is 6.15. The Labute approximate surface area is 126 Å². The van der Waals surface area contributed by atoms with Crippen LogP contribution in [0.5, 0.6) is 5.75 Å². The second kappa shape index (κ2) is 6.48. The molecule has 114 valence electrons. The molecule has 1 heterocycles. The van der Waals surface area contributed by atoms with E-state index in [0.717, 1.165) is 37.6 Å². The lowest BCUT2D eigenvalue weighted by molar-refractivity contribution is -0.122. The highest BCUT2D eigenvalue weighted by molar-refractivity contribution is 5.78. The molecule has 0 unspecified atom stereocenters. The minimum absolute atomic E-state index is 0.169. The first-order valence-electron chi connectivity index (χ1n) is 7.91. The molecule has 1 saturated carbocycles. The van der Waals surface area contributed by atoms with E-state index in [2.05, 4.69) is 22.3 Å². The zero-order valence-corrected chi connectivity index (χ0v) is 12.7.